The molecule has 0 heterocycles. The van der Waals surface area contributed by atoms with Gasteiger partial charge in [-0.15, -0.1) is 0 Å². The van der Waals surface area contributed by atoms with Crippen molar-refractivity contribution in [2.24, 2.45) is 0 Å². The number of nitrogens with zero attached hydrogens (tertiary/aromatic N) is 1. The Morgan fingerprint density at radius 2 is 2.17 bits per heavy atom. The lowest BCUT2D eigenvalue weighted by Gasteiger charge is -2.25. The summed E-state index contributed by atoms with van der Waals surface area (Å²) < 4.78 is 0. The molecule has 7 heteroatoms. The Morgan fingerprint density at radius 1 is 1.56 bits per heavy atom. The van der Waals surface area contributed by atoms with E-state index in [1.807, 2.05) is 0 Å². The van der Waals surface area contributed by atoms with Crippen LogP contribution in [0.25, 0.3) is 0 Å². The average Bonchev–Trinajstić information content (AvgIpc) is 2.13. The summed E-state index contributed by atoms with van der Waals surface area (Å²) in [7, 11) is 0. The van der Waals surface area contributed by atoms with Gasteiger partial charge < -0.3 is 10.4 Å². The van der Waals surface area contributed by atoms with Gasteiger partial charge in [-0.25, -0.2) is 0 Å². The third-order valence-corrected chi connectivity index (χ3v) is 2.54. The first-order valence-corrected chi connectivity index (χ1v) is 5.53. The van der Waals surface area contributed by atoms with Crippen LogP contribution in [0.4, 0.5) is 11.4 Å². The SMILES string of the molecule is CC(C)(CC(=O)O)Nc1cccc(Cl)c1[N+](=O)[O-]. The van der Waals surface area contributed by atoms with Crippen LogP contribution in [-0.2, 0) is 4.79 Å². The molecule has 0 amide bonds. The first-order valence-electron chi connectivity index (χ1n) is 5.16. The molecule has 0 saturated heterocycles. The number of carboxylic acids is 1. The molecule has 0 fully saturated rings. The number of benzene rings is 1. The maximum atomic E-state index is 10.9. The van der Waals surface area contributed by atoms with E-state index in [1.54, 1.807) is 19.9 Å². The highest BCUT2D eigenvalue weighted by Crippen LogP contribution is 2.34. The van der Waals surface area contributed by atoms with E-state index in [-0.39, 0.29) is 22.8 Å². The smallest absolute Gasteiger partial charge is 0.310 e. The molecule has 1 aromatic carbocycles. The van der Waals surface area contributed by atoms with Crippen LogP contribution in [-0.4, -0.2) is 21.5 Å². The molecule has 0 spiro atoms. The number of rotatable bonds is 5. The van der Waals surface area contributed by atoms with E-state index in [2.05, 4.69) is 5.32 Å². The van der Waals surface area contributed by atoms with E-state index in [0.717, 1.165) is 0 Å². The molecule has 98 valence electrons. The zero-order chi connectivity index (χ0) is 13.9. The molecule has 18 heavy (non-hydrogen) atoms. The Hall–Kier alpha value is -1.82. The van der Waals surface area contributed by atoms with Crippen molar-refractivity contribution in [1.29, 1.82) is 0 Å². The quantitative estimate of drug-likeness (QED) is 0.635. The van der Waals surface area contributed by atoms with Crippen LogP contribution in [0.5, 0.6) is 0 Å². The molecule has 1 rings (SSSR count). The molecular weight excluding hydrogens is 260 g/mol. The number of anilines is 1. The summed E-state index contributed by atoms with van der Waals surface area (Å²) in [4.78, 5) is 21.0. The molecule has 6 nitrogen and oxygen atoms in total. The van der Waals surface area contributed by atoms with Crippen molar-refractivity contribution in [2.45, 2.75) is 25.8 Å². The van der Waals surface area contributed by atoms with Crippen LogP contribution in [0.1, 0.15) is 20.3 Å². The fourth-order valence-corrected chi connectivity index (χ4v) is 1.83. The average molecular weight is 273 g/mol. The Bertz CT molecular complexity index is 488. The number of aliphatic carboxylic acids is 1. The lowest BCUT2D eigenvalue weighted by molar-refractivity contribution is -0.383. The van der Waals surface area contributed by atoms with E-state index < -0.39 is 16.4 Å². The predicted molar refractivity (Wildman–Crippen MR) is 68.1 cm³/mol. The minimum absolute atomic E-state index is 0.0103. The van der Waals surface area contributed by atoms with Crippen LogP contribution in [0.3, 0.4) is 0 Å². The van der Waals surface area contributed by atoms with Gasteiger partial charge in [-0.05, 0) is 26.0 Å². The minimum atomic E-state index is -0.989. The monoisotopic (exact) mass is 272 g/mol. The summed E-state index contributed by atoms with van der Waals surface area (Å²) >= 11 is 5.76. The fourth-order valence-electron chi connectivity index (χ4n) is 1.59. The Balaban J connectivity index is 3.08. The highest BCUT2D eigenvalue weighted by atomic mass is 35.5. The number of halogens is 1. The highest BCUT2D eigenvalue weighted by molar-refractivity contribution is 6.33. The molecule has 0 saturated carbocycles. The van der Waals surface area contributed by atoms with Gasteiger partial charge in [-0.3, -0.25) is 14.9 Å². The first kappa shape index (κ1) is 14.2. The Kier molecular flexibility index (Phi) is 4.13. The van der Waals surface area contributed by atoms with Crippen LogP contribution >= 0.6 is 11.6 Å². The van der Waals surface area contributed by atoms with Gasteiger partial charge >= 0.3 is 11.7 Å². The fraction of sp³-hybridized carbons (Fsp3) is 0.364. The van der Waals surface area contributed by atoms with Gasteiger partial charge in [-0.1, -0.05) is 17.7 Å². The van der Waals surface area contributed by atoms with E-state index >= 15 is 0 Å². The van der Waals surface area contributed by atoms with Crippen molar-refractivity contribution < 1.29 is 14.8 Å². The van der Waals surface area contributed by atoms with Gasteiger partial charge in [-0.2, -0.15) is 0 Å². The van der Waals surface area contributed by atoms with Crippen molar-refractivity contribution in [3.63, 3.8) is 0 Å². The second-order valence-corrected chi connectivity index (χ2v) is 4.88. The lowest BCUT2D eigenvalue weighted by Crippen LogP contribution is -2.33. The molecule has 0 radical (unpaired) electrons. The largest absolute Gasteiger partial charge is 0.481 e. The second-order valence-electron chi connectivity index (χ2n) is 4.47. The van der Waals surface area contributed by atoms with Crippen molar-refractivity contribution in [2.75, 3.05) is 5.32 Å². The van der Waals surface area contributed by atoms with Gasteiger partial charge in [0.15, 0.2) is 0 Å². The zero-order valence-corrected chi connectivity index (χ0v) is 10.7. The normalized spacial score (nSPS) is 11.1. The number of carboxylic acid groups (broad SMARTS) is 1. The lowest BCUT2D eigenvalue weighted by atomic mass is 10.00. The number of nitro groups is 1. The van der Waals surface area contributed by atoms with E-state index in [4.69, 9.17) is 16.7 Å². The third-order valence-electron chi connectivity index (χ3n) is 2.24. The molecule has 0 bridgehead atoms. The summed E-state index contributed by atoms with van der Waals surface area (Å²) in [5.41, 5.74) is -0.863. The van der Waals surface area contributed by atoms with Crippen molar-refractivity contribution in [1.82, 2.24) is 0 Å². The van der Waals surface area contributed by atoms with Gasteiger partial charge in [0, 0.05) is 5.54 Å². The molecule has 0 atom stereocenters. The molecule has 0 aliphatic rings. The van der Waals surface area contributed by atoms with E-state index in [1.165, 1.54) is 12.1 Å². The Morgan fingerprint density at radius 3 is 2.67 bits per heavy atom. The van der Waals surface area contributed by atoms with Crippen LogP contribution in [0, 0.1) is 10.1 Å². The summed E-state index contributed by atoms with van der Waals surface area (Å²) in [5.74, 6) is -0.989. The zero-order valence-electron chi connectivity index (χ0n) is 9.94. The molecule has 0 aliphatic carbocycles. The van der Waals surface area contributed by atoms with Crippen molar-refractivity contribution >= 4 is 28.9 Å². The molecule has 0 aliphatic heterocycles. The van der Waals surface area contributed by atoms with Crippen LogP contribution in [0.15, 0.2) is 18.2 Å². The van der Waals surface area contributed by atoms with Gasteiger partial charge in [0.05, 0.1) is 11.3 Å². The van der Waals surface area contributed by atoms with Gasteiger partial charge in [0.1, 0.15) is 10.7 Å². The second kappa shape index (κ2) is 5.22. The van der Waals surface area contributed by atoms with Crippen LogP contribution < -0.4 is 5.32 Å². The van der Waals surface area contributed by atoms with Crippen molar-refractivity contribution in [3.05, 3.63) is 33.3 Å². The molecule has 2 N–H and O–H groups in total. The topological polar surface area (TPSA) is 92.5 Å². The maximum Gasteiger partial charge on any atom is 0.310 e. The number of nitrogens with one attached hydrogen (secondary N) is 1. The third kappa shape index (κ3) is 3.59. The summed E-state index contributed by atoms with van der Waals surface area (Å²) in [6.45, 7) is 3.29. The minimum Gasteiger partial charge on any atom is -0.481 e. The predicted octanol–water partition coefficient (Wildman–Crippen LogP) is 2.91. The highest BCUT2D eigenvalue weighted by Gasteiger charge is 2.26. The molecular formula is C11H13ClN2O4. The summed E-state index contributed by atoms with van der Waals surface area (Å²) in [6.07, 6.45) is -0.170. The van der Waals surface area contributed by atoms with Gasteiger partial charge in [0.2, 0.25) is 0 Å². The molecule has 0 unspecified atom stereocenters. The maximum absolute atomic E-state index is 10.9. The molecule has 0 aromatic heterocycles. The summed E-state index contributed by atoms with van der Waals surface area (Å²) in [5, 5.41) is 22.5. The van der Waals surface area contributed by atoms with Crippen LogP contribution in [0.2, 0.25) is 5.02 Å². The number of nitro benzene ring substituents is 1. The molecule has 1 aromatic rings. The van der Waals surface area contributed by atoms with Gasteiger partial charge in [0.25, 0.3) is 0 Å². The van der Waals surface area contributed by atoms with E-state index in [9.17, 15) is 14.9 Å². The standard InChI is InChI=1S/C11H13ClN2O4/c1-11(2,6-9(15)16)13-8-5-3-4-7(12)10(8)14(17)18/h3-5,13H,6H2,1-2H3,(H,15,16). The number of hydrogen-bond acceptors (Lipinski definition) is 4. The number of para-hydroxylation sites is 1. The number of carbonyl (C=O) groups is 1. The first-order chi connectivity index (χ1) is 8.23. The van der Waals surface area contributed by atoms with E-state index in [0.29, 0.717) is 0 Å². The Labute approximate surface area is 109 Å². The summed E-state index contributed by atoms with van der Waals surface area (Å²) in [6, 6.07) is 4.47. The number of hydrogen-bond donors (Lipinski definition) is 2. The van der Waals surface area contributed by atoms with Crippen molar-refractivity contribution in [3.8, 4) is 0 Å².